The monoisotopic (exact) mass is 436 g/mol. The van der Waals surface area contributed by atoms with Gasteiger partial charge in [-0.25, -0.2) is 0 Å². The van der Waals surface area contributed by atoms with Crippen LogP contribution in [0.25, 0.3) is 17.4 Å². The van der Waals surface area contributed by atoms with E-state index in [1.54, 1.807) is 41.3 Å². The summed E-state index contributed by atoms with van der Waals surface area (Å²) in [5, 5.41) is 11.2. The average Bonchev–Trinajstić information content (AvgIpc) is 3.30. The molecule has 0 N–H and O–H groups in total. The first kappa shape index (κ1) is 20.1. The zero-order valence-electron chi connectivity index (χ0n) is 15.9. The van der Waals surface area contributed by atoms with Crippen LogP contribution in [0.5, 0.6) is 0 Å². The Morgan fingerprint density at radius 1 is 1.13 bits per heavy atom. The molecule has 0 spiro atoms. The van der Waals surface area contributed by atoms with Crippen LogP contribution in [0.3, 0.4) is 0 Å². The molecular weight excluding hydrogens is 420 g/mol. The number of aryl methyl sites for hydroxylation is 1. The lowest BCUT2D eigenvalue weighted by Crippen LogP contribution is -2.27. The molecule has 0 unspecified atom stereocenters. The van der Waals surface area contributed by atoms with E-state index in [1.807, 2.05) is 31.2 Å². The predicted octanol–water partition coefficient (Wildman–Crippen LogP) is 5.56. The molecular formula is C22H16N2O4S2. The van der Waals surface area contributed by atoms with Crippen molar-refractivity contribution < 1.29 is 14.1 Å². The number of nitro benzene ring substituents is 1. The quantitative estimate of drug-likeness (QED) is 0.225. The van der Waals surface area contributed by atoms with Gasteiger partial charge in [0.1, 0.15) is 15.8 Å². The summed E-state index contributed by atoms with van der Waals surface area (Å²) in [7, 11) is 0. The van der Waals surface area contributed by atoms with Gasteiger partial charge < -0.3 is 4.42 Å². The maximum absolute atomic E-state index is 12.8. The third-order valence-electron chi connectivity index (χ3n) is 4.60. The molecule has 4 rings (SSSR count). The van der Waals surface area contributed by atoms with Crippen molar-refractivity contribution in [3.8, 4) is 11.3 Å². The molecule has 1 saturated heterocycles. The molecule has 1 aromatic heterocycles. The van der Waals surface area contributed by atoms with Gasteiger partial charge in [-0.05, 0) is 30.7 Å². The van der Waals surface area contributed by atoms with Gasteiger partial charge in [-0.1, -0.05) is 65.9 Å². The van der Waals surface area contributed by atoms with Crippen molar-refractivity contribution >= 4 is 46.0 Å². The van der Waals surface area contributed by atoms with Crippen molar-refractivity contribution in [3.63, 3.8) is 0 Å². The van der Waals surface area contributed by atoms with Crippen molar-refractivity contribution in [2.24, 2.45) is 0 Å². The molecule has 0 aliphatic carbocycles. The topological polar surface area (TPSA) is 76.6 Å². The van der Waals surface area contributed by atoms with Gasteiger partial charge in [-0.15, -0.1) is 0 Å². The van der Waals surface area contributed by atoms with Crippen LogP contribution in [0.2, 0.25) is 0 Å². The van der Waals surface area contributed by atoms with Crippen LogP contribution in [-0.2, 0) is 11.3 Å². The van der Waals surface area contributed by atoms with E-state index >= 15 is 0 Å². The highest BCUT2D eigenvalue weighted by Crippen LogP contribution is 2.35. The first-order chi connectivity index (χ1) is 14.4. The van der Waals surface area contributed by atoms with Crippen LogP contribution in [-0.4, -0.2) is 20.1 Å². The van der Waals surface area contributed by atoms with Gasteiger partial charge in [0, 0.05) is 12.1 Å². The van der Waals surface area contributed by atoms with E-state index in [1.165, 1.54) is 17.8 Å². The van der Waals surface area contributed by atoms with Crippen LogP contribution in [0.4, 0.5) is 5.69 Å². The second kappa shape index (κ2) is 8.25. The Labute approximate surface area is 182 Å². The number of nitrogens with zero attached hydrogens (tertiary/aromatic N) is 2. The smallest absolute Gasteiger partial charge is 0.280 e. The number of rotatable bonds is 5. The SMILES string of the molecule is Cc1ccc(CN2C(=O)/C(=C/c3ccc(-c4ccccc4[N+](=O)[O-])o3)SC2=S)cc1. The van der Waals surface area contributed by atoms with Crippen LogP contribution < -0.4 is 0 Å². The van der Waals surface area contributed by atoms with Crippen molar-refractivity contribution in [1.29, 1.82) is 0 Å². The maximum Gasteiger partial charge on any atom is 0.280 e. The number of nitro groups is 1. The fraction of sp³-hybridized carbons (Fsp3) is 0.0909. The molecule has 2 heterocycles. The highest BCUT2D eigenvalue weighted by molar-refractivity contribution is 8.26. The minimum Gasteiger partial charge on any atom is -0.456 e. The molecule has 30 heavy (non-hydrogen) atoms. The number of benzene rings is 2. The maximum atomic E-state index is 12.8. The van der Waals surface area contributed by atoms with E-state index in [2.05, 4.69) is 0 Å². The Morgan fingerprint density at radius 2 is 1.87 bits per heavy atom. The normalized spacial score (nSPS) is 15.2. The zero-order chi connectivity index (χ0) is 21.3. The molecule has 0 radical (unpaired) electrons. The molecule has 0 saturated carbocycles. The Kier molecular flexibility index (Phi) is 5.52. The number of furan rings is 1. The van der Waals surface area contributed by atoms with Gasteiger partial charge in [-0.3, -0.25) is 19.8 Å². The number of hydrogen-bond donors (Lipinski definition) is 0. The summed E-state index contributed by atoms with van der Waals surface area (Å²) >= 11 is 6.60. The second-order valence-electron chi connectivity index (χ2n) is 6.73. The molecule has 1 fully saturated rings. The summed E-state index contributed by atoms with van der Waals surface area (Å²) in [5.74, 6) is 0.608. The summed E-state index contributed by atoms with van der Waals surface area (Å²) in [6, 6.07) is 17.6. The molecule has 3 aromatic rings. The Bertz CT molecular complexity index is 1180. The van der Waals surface area contributed by atoms with E-state index in [-0.39, 0.29) is 11.6 Å². The lowest BCUT2D eigenvalue weighted by Gasteiger charge is -2.14. The lowest BCUT2D eigenvalue weighted by molar-refractivity contribution is -0.384. The van der Waals surface area contributed by atoms with Gasteiger partial charge in [0.15, 0.2) is 0 Å². The largest absolute Gasteiger partial charge is 0.456 e. The first-order valence-corrected chi connectivity index (χ1v) is 10.3. The fourth-order valence-corrected chi connectivity index (χ4v) is 4.29. The van der Waals surface area contributed by atoms with E-state index in [4.69, 9.17) is 16.6 Å². The van der Waals surface area contributed by atoms with Gasteiger partial charge in [0.25, 0.3) is 11.6 Å². The van der Waals surface area contributed by atoms with E-state index < -0.39 is 4.92 Å². The second-order valence-corrected chi connectivity index (χ2v) is 8.41. The number of thioether (sulfide) groups is 1. The van der Waals surface area contributed by atoms with E-state index in [9.17, 15) is 14.9 Å². The van der Waals surface area contributed by atoms with Gasteiger partial charge >= 0.3 is 0 Å². The van der Waals surface area contributed by atoms with Crippen molar-refractivity contribution in [1.82, 2.24) is 4.90 Å². The summed E-state index contributed by atoms with van der Waals surface area (Å²) in [6.45, 7) is 2.41. The average molecular weight is 437 g/mol. The fourth-order valence-electron chi connectivity index (χ4n) is 3.06. The Balaban J connectivity index is 1.56. The summed E-state index contributed by atoms with van der Waals surface area (Å²) in [4.78, 5) is 25.6. The van der Waals surface area contributed by atoms with Gasteiger partial charge in [0.2, 0.25) is 0 Å². The van der Waals surface area contributed by atoms with Crippen LogP contribution in [0, 0.1) is 17.0 Å². The highest BCUT2D eigenvalue weighted by Gasteiger charge is 2.32. The molecule has 0 atom stereocenters. The third-order valence-corrected chi connectivity index (χ3v) is 5.98. The summed E-state index contributed by atoms with van der Waals surface area (Å²) in [5.41, 5.74) is 2.49. The number of thiocarbonyl (C=S) groups is 1. The van der Waals surface area contributed by atoms with Crippen molar-refractivity contribution in [2.75, 3.05) is 0 Å². The summed E-state index contributed by atoms with van der Waals surface area (Å²) in [6.07, 6.45) is 1.62. The van der Waals surface area contributed by atoms with Crippen molar-refractivity contribution in [2.45, 2.75) is 13.5 Å². The van der Waals surface area contributed by atoms with Gasteiger partial charge in [0.05, 0.1) is 21.9 Å². The van der Waals surface area contributed by atoms with Crippen LogP contribution in [0.15, 0.2) is 70.0 Å². The zero-order valence-corrected chi connectivity index (χ0v) is 17.5. The molecule has 2 aromatic carbocycles. The van der Waals surface area contributed by atoms with E-state index in [0.29, 0.717) is 32.9 Å². The summed E-state index contributed by atoms with van der Waals surface area (Å²) < 4.78 is 6.25. The molecule has 8 heteroatoms. The number of para-hydroxylation sites is 1. The molecule has 150 valence electrons. The van der Waals surface area contributed by atoms with E-state index in [0.717, 1.165) is 11.1 Å². The molecule has 0 bridgehead atoms. The molecule has 1 aliphatic rings. The standard InChI is InChI=1S/C22H16N2O4S2/c1-14-6-8-15(9-7-14)13-23-21(25)20(30-22(23)29)12-16-10-11-19(28-16)17-4-2-3-5-18(17)24(26)27/h2-12H,13H2,1H3/b20-12-. The molecule has 1 aliphatic heterocycles. The highest BCUT2D eigenvalue weighted by atomic mass is 32.2. The van der Waals surface area contributed by atoms with Crippen molar-refractivity contribution in [3.05, 3.63) is 92.6 Å². The minimum absolute atomic E-state index is 0.0391. The molecule has 6 nitrogen and oxygen atoms in total. The van der Waals surface area contributed by atoms with Crippen LogP contribution >= 0.6 is 24.0 Å². The van der Waals surface area contributed by atoms with Crippen LogP contribution in [0.1, 0.15) is 16.9 Å². The third kappa shape index (κ3) is 4.05. The lowest BCUT2D eigenvalue weighted by atomic mass is 10.1. The molecule has 1 amide bonds. The Morgan fingerprint density at radius 3 is 2.60 bits per heavy atom. The van der Waals surface area contributed by atoms with Gasteiger partial charge in [-0.2, -0.15) is 0 Å². The minimum atomic E-state index is -0.451. The predicted molar refractivity (Wildman–Crippen MR) is 121 cm³/mol. The number of carbonyl (C=O) groups is 1. The number of carbonyl (C=O) groups excluding carboxylic acids is 1. The number of amides is 1. The number of hydrogen-bond acceptors (Lipinski definition) is 6. The Hall–Kier alpha value is -3.23. The first-order valence-electron chi connectivity index (χ1n) is 9.07.